The molecule has 5 nitrogen and oxygen atoms in total. The van der Waals surface area contributed by atoms with Crippen LogP contribution in [0.25, 0.3) is 0 Å². The second kappa shape index (κ2) is 5.55. The van der Waals surface area contributed by atoms with Gasteiger partial charge >= 0.3 is 5.97 Å². The number of carbonyl (C=O) groups is 3. The van der Waals surface area contributed by atoms with E-state index in [1.54, 1.807) is 12.3 Å². The van der Waals surface area contributed by atoms with Gasteiger partial charge in [-0.1, -0.05) is 30.0 Å². The molecule has 5 atom stereocenters. The van der Waals surface area contributed by atoms with Gasteiger partial charge in [0.2, 0.25) is 0 Å². The van der Waals surface area contributed by atoms with Crippen molar-refractivity contribution in [1.29, 1.82) is 0 Å². The SMILES string of the molecule is COC(=O)[C@@]12C(=O)C(Sc3ccccn3)[C@H]3C[C@@H]1C=CC[C@@H]2C3=O. The van der Waals surface area contributed by atoms with Crippen LogP contribution in [0.2, 0.25) is 0 Å². The van der Waals surface area contributed by atoms with E-state index in [4.69, 9.17) is 4.74 Å². The molecular weight excluding hydrogens is 326 g/mol. The summed E-state index contributed by atoms with van der Waals surface area (Å²) in [5.74, 6) is -1.87. The van der Waals surface area contributed by atoms with Crippen molar-refractivity contribution in [3.8, 4) is 0 Å². The third-order valence-electron chi connectivity index (χ3n) is 5.53. The van der Waals surface area contributed by atoms with Crippen LogP contribution in [0, 0.1) is 23.2 Å². The fourth-order valence-corrected chi connectivity index (χ4v) is 5.77. The molecule has 0 aromatic carbocycles. The van der Waals surface area contributed by atoms with E-state index in [2.05, 4.69) is 4.98 Å². The summed E-state index contributed by atoms with van der Waals surface area (Å²) < 4.78 is 4.99. The molecule has 0 amide bonds. The Kier molecular flexibility index (Phi) is 3.60. The van der Waals surface area contributed by atoms with Crippen LogP contribution >= 0.6 is 11.8 Å². The van der Waals surface area contributed by atoms with Crippen molar-refractivity contribution in [2.45, 2.75) is 23.1 Å². The van der Waals surface area contributed by atoms with Crippen LogP contribution < -0.4 is 0 Å². The zero-order valence-electron chi connectivity index (χ0n) is 13.2. The largest absolute Gasteiger partial charge is 0.468 e. The number of rotatable bonds is 3. The van der Waals surface area contributed by atoms with Gasteiger partial charge in [0.1, 0.15) is 11.2 Å². The Balaban J connectivity index is 1.79. The fraction of sp³-hybridized carbons (Fsp3) is 0.444. The van der Waals surface area contributed by atoms with Crippen LogP contribution in [0.5, 0.6) is 0 Å². The molecule has 1 unspecified atom stereocenters. The highest BCUT2D eigenvalue weighted by Gasteiger charge is 2.71. The van der Waals surface area contributed by atoms with Crippen molar-refractivity contribution in [3.05, 3.63) is 36.5 Å². The molecule has 0 spiro atoms. The third kappa shape index (κ3) is 1.89. The number of ketones is 2. The van der Waals surface area contributed by atoms with Crippen LogP contribution in [0.1, 0.15) is 12.8 Å². The van der Waals surface area contributed by atoms with Gasteiger partial charge in [-0.25, -0.2) is 4.98 Å². The first kappa shape index (κ1) is 15.6. The number of pyridine rings is 1. The van der Waals surface area contributed by atoms with Gasteiger partial charge in [0, 0.05) is 24.0 Å². The van der Waals surface area contributed by atoms with Gasteiger partial charge in [-0.05, 0) is 25.0 Å². The molecule has 6 heteroatoms. The maximum Gasteiger partial charge on any atom is 0.320 e. The van der Waals surface area contributed by atoms with Gasteiger partial charge in [-0.2, -0.15) is 0 Å². The number of hydrogen-bond donors (Lipinski definition) is 0. The van der Waals surface area contributed by atoms with Crippen molar-refractivity contribution < 1.29 is 19.1 Å². The highest BCUT2D eigenvalue weighted by atomic mass is 32.2. The minimum atomic E-state index is -1.35. The van der Waals surface area contributed by atoms with Gasteiger partial charge in [-0.3, -0.25) is 14.4 Å². The zero-order valence-corrected chi connectivity index (χ0v) is 14.0. The van der Waals surface area contributed by atoms with Crippen LogP contribution in [0.3, 0.4) is 0 Å². The van der Waals surface area contributed by atoms with Gasteiger partial charge in [0.05, 0.1) is 17.4 Å². The first-order chi connectivity index (χ1) is 11.6. The molecule has 0 N–H and O–H groups in total. The lowest BCUT2D eigenvalue weighted by Crippen LogP contribution is -2.68. The molecule has 0 aliphatic heterocycles. The van der Waals surface area contributed by atoms with E-state index < -0.39 is 22.6 Å². The van der Waals surface area contributed by atoms with E-state index >= 15 is 0 Å². The number of nitrogens with zero attached hydrogens (tertiary/aromatic N) is 1. The average molecular weight is 343 g/mol. The van der Waals surface area contributed by atoms with Gasteiger partial charge in [0.15, 0.2) is 5.78 Å². The van der Waals surface area contributed by atoms with Crippen molar-refractivity contribution >= 4 is 29.3 Å². The zero-order chi connectivity index (χ0) is 16.9. The molecule has 0 saturated heterocycles. The summed E-state index contributed by atoms with van der Waals surface area (Å²) in [5, 5.41) is 0.127. The standard InChI is InChI=1S/C18H17NO4S/c1-23-17(22)18-10-5-4-6-12(18)14(20)11(9-10)15(16(18)21)24-13-7-2-3-8-19-13/h2-5,7-8,10-12,15H,6,9H2,1H3/t10-,11-,12+,15?,18-/m0/s1. The Bertz CT molecular complexity index is 747. The van der Waals surface area contributed by atoms with Crippen molar-refractivity contribution in [2.24, 2.45) is 23.2 Å². The molecule has 1 aromatic rings. The number of esters is 1. The topological polar surface area (TPSA) is 73.3 Å². The van der Waals surface area contributed by atoms with Gasteiger partial charge < -0.3 is 4.74 Å². The molecule has 24 heavy (non-hydrogen) atoms. The first-order valence-corrected chi connectivity index (χ1v) is 8.89. The normalized spacial score (nSPS) is 36.7. The van der Waals surface area contributed by atoms with Crippen molar-refractivity contribution in [2.75, 3.05) is 7.11 Å². The summed E-state index contributed by atoms with van der Waals surface area (Å²) in [7, 11) is 1.29. The highest BCUT2D eigenvalue weighted by molar-refractivity contribution is 8.00. The number of Topliss-reactive ketones (excluding diaryl/α,β-unsaturated/α-hetero) is 2. The lowest BCUT2D eigenvalue weighted by molar-refractivity contribution is -0.180. The molecule has 3 saturated carbocycles. The van der Waals surface area contributed by atoms with Gasteiger partial charge in [0.25, 0.3) is 0 Å². The summed E-state index contributed by atoms with van der Waals surface area (Å²) in [5.41, 5.74) is -1.35. The molecule has 4 bridgehead atoms. The monoisotopic (exact) mass is 343 g/mol. The Hall–Kier alpha value is -1.95. The Labute approximate surface area is 143 Å². The fourth-order valence-electron chi connectivity index (χ4n) is 4.52. The quantitative estimate of drug-likeness (QED) is 0.475. The lowest BCUT2D eigenvalue weighted by Gasteiger charge is -2.55. The Morgan fingerprint density at radius 1 is 1.38 bits per heavy atom. The predicted octanol–water partition coefficient (Wildman–Crippen LogP) is 2.07. The van der Waals surface area contributed by atoms with E-state index in [-0.39, 0.29) is 23.4 Å². The molecule has 3 fully saturated rings. The van der Waals surface area contributed by atoms with E-state index in [0.29, 0.717) is 17.9 Å². The maximum atomic E-state index is 13.3. The Morgan fingerprint density at radius 3 is 2.92 bits per heavy atom. The molecule has 1 heterocycles. The van der Waals surface area contributed by atoms with Crippen LogP contribution in [-0.2, 0) is 19.1 Å². The smallest absolute Gasteiger partial charge is 0.320 e. The molecule has 4 aliphatic rings. The molecule has 4 aliphatic carbocycles. The lowest BCUT2D eigenvalue weighted by atomic mass is 9.46. The minimum absolute atomic E-state index is 0.0223. The van der Waals surface area contributed by atoms with Crippen LogP contribution in [0.15, 0.2) is 41.6 Å². The number of aromatic nitrogens is 1. The van der Waals surface area contributed by atoms with Crippen LogP contribution in [-0.4, -0.2) is 34.9 Å². The van der Waals surface area contributed by atoms with Gasteiger partial charge in [-0.15, -0.1) is 0 Å². The summed E-state index contributed by atoms with van der Waals surface area (Å²) in [6.07, 6.45) is 6.46. The number of carbonyl (C=O) groups excluding carboxylic acids is 3. The Morgan fingerprint density at radius 2 is 2.21 bits per heavy atom. The molecular formula is C18H17NO4S. The number of thioether (sulfide) groups is 1. The summed E-state index contributed by atoms with van der Waals surface area (Å²) in [6, 6.07) is 5.46. The molecule has 0 radical (unpaired) electrons. The highest BCUT2D eigenvalue weighted by Crippen LogP contribution is 2.60. The first-order valence-electron chi connectivity index (χ1n) is 8.01. The van der Waals surface area contributed by atoms with E-state index in [9.17, 15) is 14.4 Å². The second-order valence-electron chi connectivity index (χ2n) is 6.50. The van der Waals surface area contributed by atoms with E-state index in [1.165, 1.54) is 18.9 Å². The maximum absolute atomic E-state index is 13.3. The minimum Gasteiger partial charge on any atom is -0.468 e. The van der Waals surface area contributed by atoms with E-state index in [0.717, 1.165) is 0 Å². The summed E-state index contributed by atoms with van der Waals surface area (Å²) >= 11 is 1.29. The molecule has 1 aromatic heterocycles. The predicted molar refractivity (Wildman–Crippen MR) is 87.2 cm³/mol. The van der Waals surface area contributed by atoms with Crippen LogP contribution in [0.4, 0.5) is 0 Å². The number of allylic oxidation sites excluding steroid dienone is 2. The average Bonchev–Trinajstić information content (AvgIpc) is 2.61. The number of hydrogen-bond acceptors (Lipinski definition) is 6. The molecule has 5 rings (SSSR count). The molecule has 124 valence electrons. The van der Waals surface area contributed by atoms with Crippen molar-refractivity contribution in [3.63, 3.8) is 0 Å². The van der Waals surface area contributed by atoms with Crippen molar-refractivity contribution in [1.82, 2.24) is 4.98 Å². The second-order valence-corrected chi connectivity index (χ2v) is 7.66. The summed E-state index contributed by atoms with van der Waals surface area (Å²) in [6.45, 7) is 0. The number of methoxy groups -OCH3 is 1. The summed E-state index contributed by atoms with van der Waals surface area (Å²) in [4.78, 5) is 43.2. The number of fused-ring (bicyclic) bond motifs is 1. The third-order valence-corrected chi connectivity index (χ3v) is 6.81. The van der Waals surface area contributed by atoms with E-state index in [1.807, 2.05) is 24.3 Å². The number of ether oxygens (including phenoxy) is 1.